The fourth-order valence-corrected chi connectivity index (χ4v) is 3.15. The van der Waals surface area contributed by atoms with Gasteiger partial charge in [0.1, 0.15) is 5.82 Å². The molecule has 1 N–H and O–H groups in total. The second-order valence-corrected chi connectivity index (χ2v) is 6.35. The Labute approximate surface area is 157 Å². The fourth-order valence-electron chi connectivity index (χ4n) is 3.15. The zero-order chi connectivity index (χ0) is 18.6. The zero-order valence-electron chi connectivity index (χ0n) is 15.1. The van der Waals surface area contributed by atoms with Crippen LogP contribution in [0.5, 0.6) is 0 Å². The monoisotopic (exact) mass is 356 g/mol. The van der Waals surface area contributed by atoms with Crippen LogP contribution in [0.2, 0.25) is 0 Å². The van der Waals surface area contributed by atoms with Crippen LogP contribution < -0.4 is 5.32 Å². The summed E-state index contributed by atoms with van der Waals surface area (Å²) in [6, 6.07) is 21.5. The summed E-state index contributed by atoms with van der Waals surface area (Å²) in [5.41, 5.74) is 3.28. The predicted octanol–water partition coefficient (Wildman–Crippen LogP) is 4.63. The van der Waals surface area contributed by atoms with Gasteiger partial charge in [0.25, 0.3) is 5.91 Å². The molecule has 5 nitrogen and oxygen atoms in total. The van der Waals surface area contributed by atoms with Crippen LogP contribution in [0.15, 0.2) is 72.9 Å². The smallest absolute Gasteiger partial charge is 0.260 e. The van der Waals surface area contributed by atoms with Crippen molar-refractivity contribution < 1.29 is 4.79 Å². The van der Waals surface area contributed by atoms with E-state index in [1.165, 1.54) is 0 Å². The first-order valence-corrected chi connectivity index (χ1v) is 9.05. The molecule has 1 amide bonds. The average molecular weight is 356 g/mol. The van der Waals surface area contributed by atoms with E-state index in [-0.39, 0.29) is 5.91 Å². The van der Waals surface area contributed by atoms with E-state index in [9.17, 15) is 4.79 Å². The molecule has 0 fully saturated rings. The lowest BCUT2D eigenvalue weighted by Gasteiger charge is -2.09. The van der Waals surface area contributed by atoms with E-state index in [2.05, 4.69) is 22.3 Å². The van der Waals surface area contributed by atoms with Gasteiger partial charge in [-0.25, -0.2) is 9.67 Å². The molecule has 0 radical (unpaired) electrons. The first-order valence-electron chi connectivity index (χ1n) is 9.05. The minimum absolute atomic E-state index is 0.191. The van der Waals surface area contributed by atoms with Crippen LogP contribution >= 0.6 is 0 Å². The number of aromatic nitrogens is 3. The highest BCUT2D eigenvalue weighted by Crippen LogP contribution is 2.19. The lowest BCUT2D eigenvalue weighted by Crippen LogP contribution is -2.15. The Hall–Kier alpha value is -3.47. The van der Waals surface area contributed by atoms with Gasteiger partial charge in [-0.3, -0.25) is 4.79 Å². The molecule has 0 aliphatic heterocycles. The lowest BCUT2D eigenvalue weighted by atomic mass is 10.1. The SMILES string of the molecule is CCCc1c(C(=O)Nc2ccc3ccccc3n2)cnn1-c1ccccc1. The minimum Gasteiger partial charge on any atom is -0.306 e. The number of nitrogens with one attached hydrogen (secondary N) is 1. The summed E-state index contributed by atoms with van der Waals surface area (Å²) in [6.07, 6.45) is 3.32. The molecule has 0 bridgehead atoms. The molecule has 0 saturated heterocycles. The van der Waals surface area contributed by atoms with Crippen molar-refractivity contribution in [1.29, 1.82) is 0 Å². The number of hydrogen-bond donors (Lipinski definition) is 1. The molecule has 4 aromatic rings. The van der Waals surface area contributed by atoms with Gasteiger partial charge >= 0.3 is 0 Å². The topological polar surface area (TPSA) is 59.8 Å². The van der Waals surface area contributed by atoms with Crippen LogP contribution in [0.1, 0.15) is 29.4 Å². The molecule has 5 heteroatoms. The van der Waals surface area contributed by atoms with E-state index in [0.29, 0.717) is 11.4 Å². The second kappa shape index (κ2) is 7.41. The van der Waals surface area contributed by atoms with Crippen LogP contribution in [-0.2, 0) is 6.42 Å². The van der Waals surface area contributed by atoms with Crippen molar-refractivity contribution in [2.45, 2.75) is 19.8 Å². The number of benzene rings is 2. The number of fused-ring (bicyclic) bond motifs is 1. The van der Waals surface area contributed by atoms with Crippen LogP contribution in [0.25, 0.3) is 16.6 Å². The maximum absolute atomic E-state index is 12.9. The van der Waals surface area contributed by atoms with Gasteiger partial charge in [0.2, 0.25) is 0 Å². The largest absolute Gasteiger partial charge is 0.306 e. The summed E-state index contributed by atoms with van der Waals surface area (Å²) in [5, 5.41) is 8.40. The van der Waals surface area contributed by atoms with Crippen LogP contribution in [0.4, 0.5) is 5.82 Å². The highest BCUT2D eigenvalue weighted by molar-refractivity contribution is 6.05. The first-order chi connectivity index (χ1) is 13.3. The van der Waals surface area contributed by atoms with Crippen molar-refractivity contribution in [2.75, 3.05) is 5.32 Å². The number of amides is 1. The van der Waals surface area contributed by atoms with Crippen molar-refractivity contribution in [1.82, 2.24) is 14.8 Å². The van der Waals surface area contributed by atoms with E-state index in [1.54, 1.807) is 6.20 Å². The summed E-state index contributed by atoms with van der Waals surface area (Å²) in [4.78, 5) is 17.4. The maximum Gasteiger partial charge on any atom is 0.260 e. The molecule has 0 aliphatic rings. The van der Waals surface area contributed by atoms with Crippen molar-refractivity contribution in [2.24, 2.45) is 0 Å². The number of rotatable bonds is 5. The molecule has 0 unspecified atom stereocenters. The summed E-state index contributed by atoms with van der Waals surface area (Å²) in [5.74, 6) is 0.344. The fraction of sp³-hybridized carbons (Fsp3) is 0.136. The van der Waals surface area contributed by atoms with E-state index in [1.807, 2.05) is 71.4 Å². The third kappa shape index (κ3) is 3.44. The molecule has 0 atom stereocenters. The van der Waals surface area contributed by atoms with E-state index < -0.39 is 0 Å². The summed E-state index contributed by atoms with van der Waals surface area (Å²) in [7, 11) is 0. The Morgan fingerprint density at radius 1 is 1.00 bits per heavy atom. The Bertz CT molecular complexity index is 1090. The van der Waals surface area contributed by atoms with Gasteiger partial charge in [0.15, 0.2) is 0 Å². The Morgan fingerprint density at radius 2 is 1.78 bits per heavy atom. The molecule has 0 spiro atoms. The van der Waals surface area contributed by atoms with Crippen molar-refractivity contribution in [3.63, 3.8) is 0 Å². The number of para-hydroxylation sites is 2. The average Bonchev–Trinajstić information content (AvgIpc) is 3.13. The normalized spacial score (nSPS) is 10.9. The number of carbonyl (C=O) groups is 1. The van der Waals surface area contributed by atoms with Gasteiger partial charge in [0.05, 0.1) is 28.7 Å². The first kappa shape index (κ1) is 17.0. The highest BCUT2D eigenvalue weighted by Gasteiger charge is 2.18. The van der Waals surface area contributed by atoms with Gasteiger partial charge in [-0.05, 0) is 36.8 Å². The lowest BCUT2D eigenvalue weighted by molar-refractivity contribution is 0.102. The third-order valence-corrected chi connectivity index (χ3v) is 4.44. The van der Waals surface area contributed by atoms with Crippen molar-refractivity contribution in [3.05, 3.63) is 84.2 Å². The molecule has 0 aliphatic carbocycles. The molecule has 2 aromatic carbocycles. The van der Waals surface area contributed by atoms with Crippen molar-refractivity contribution >= 4 is 22.6 Å². The molecule has 134 valence electrons. The molecule has 2 heterocycles. The molecular weight excluding hydrogens is 336 g/mol. The van der Waals surface area contributed by atoms with Crippen molar-refractivity contribution in [3.8, 4) is 5.69 Å². The molecule has 27 heavy (non-hydrogen) atoms. The second-order valence-electron chi connectivity index (χ2n) is 6.35. The van der Waals surface area contributed by atoms with E-state index in [4.69, 9.17) is 0 Å². The van der Waals surface area contributed by atoms with Crippen LogP contribution in [0.3, 0.4) is 0 Å². The summed E-state index contributed by atoms with van der Waals surface area (Å²) < 4.78 is 1.84. The summed E-state index contributed by atoms with van der Waals surface area (Å²) in [6.45, 7) is 2.09. The van der Waals surface area contributed by atoms with Crippen LogP contribution in [0, 0.1) is 0 Å². The minimum atomic E-state index is -0.191. The van der Waals surface area contributed by atoms with Gasteiger partial charge in [0, 0.05) is 5.39 Å². The van der Waals surface area contributed by atoms with Gasteiger partial charge in [-0.2, -0.15) is 5.10 Å². The standard InChI is InChI=1S/C22H20N4O/c1-2-8-20-18(15-23-26(20)17-10-4-3-5-11-17)22(27)25-21-14-13-16-9-6-7-12-19(16)24-21/h3-7,9-15H,2,8H2,1H3,(H,24,25,27). The maximum atomic E-state index is 12.9. The molecule has 0 saturated carbocycles. The van der Waals surface area contributed by atoms with Crippen LogP contribution in [-0.4, -0.2) is 20.7 Å². The number of nitrogens with zero attached hydrogens (tertiary/aromatic N) is 3. The number of carbonyl (C=O) groups excluding carboxylic acids is 1. The molecule has 2 aromatic heterocycles. The number of anilines is 1. The highest BCUT2D eigenvalue weighted by atomic mass is 16.1. The zero-order valence-corrected chi connectivity index (χ0v) is 15.1. The van der Waals surface area contributed by atoms with E-state index >= 15 is 0 Å². The third-order valence-electron chi connectivity index (χ3n) is 4.44. The Kier molecular flexibility index (Phi) is 4.66. The van der Waals surface area contributed by atoms with Gasteiger partial charge < -0.3 is 5.32 Å². The molecule has 4 rings (SSSR count). The number of hydrogen-bond acceptors (Lipinski definition) is 3. The van der Waals surface area contributed by atoms with Gasteiger partial charge in [-0.15, -0.1) is 0 Å². The number of pyridine rings is 1. The Balaban J connectivity index is 1.65. The molecular formula is C22H20N4O. The predicted molar refractivity (Wildman–Crippen MR) is 107 cm³/mol. The Morgan fingerprint density at radius 3 is 2.59 bits per heavy atom. The summed E-state index contributed by atoms with van der Waals surface area (Å²) >= 11 is 0. The van der Waals surface area contributed by atoms with E-state index in [0.717, 1.165) is 35.1 Å². The quantitative estimate of drug-likeness (QED) is 0.567. The van der Waals surface area contributed by atoms with Gasteiger partial charge in [-0.1, -0.05) is 49.7 Å².